The van der Waals surface area contributed by atoms with Gasteiger partial charge >= 0.3 is 0 Å². The predicted octanol–water partition coefficient (Wildman–Crippen LogP) is 4.36. The smallest absolute Gasteiger partial charge is 0.0704 e. The van der Waals surface area contributed by atoms with Gasteiger partial charge in [0.2, 0.25) is 0 Å². The molecule has 0 bridgehead atoms. The van der Waals surface area contributed by atoms with Crippen LogP contribution in [0.2, 0.25) is 0 Å². The van der Waals surface area contributed by atoms with Crippen LogP contribution in [0.5, 0.6) is 0 Å². The molecule has 0 saturated heterocycles. The highest BCUT2D eigenvalue weighted by Crippen LogP contribution is 2.28. The first-order valence-electron chi connectivity index (χ1n) is 7.40. The maximum Gasteiger partial charge on any atom is 0.0704 e. The topological polar surface area (TPSA) is 24.9 Å². The molecule has 0 aliphatic rings. The number of fused-ring (bicyclic) bond motifs is 1. The molecule has 3 rings (SSSR count). The quantitative estimate of drug-likeness (QED) is 0.756. The molecule has 2 aromatic heterocycles. The minimum Gasteiger partial charge on any atom is -0.312 e. The molecule has 21 heavy (non-hydrogen) atoms. The zero-order valence-electron chi connectivity index (χ0n) is 12.5. The molecule has 2 heterocycles. The fourth-order valence-electron chi connectivity index (χ4n) is 2.67. The van der Waals surface area contributed by atoms with E-state index < -0.39 is 0 Å². The number of likely N-dealkylation sites (N-methyl/N-ethyl adjacent to an activating group) is 1. The van der Waals surface area contributed by atoms with Crippen LogP contribution in [-0.2, 0) is 12.8 Å². The summed E-state index contributed by atoms with van der Waals surface area (Å²) in [5.74, 6) is 0. The van der Waals surface area contributed by atoms with Gasteiger partial charge in [-0.2, -0.15) is 0 Å². The van der Waals surface area contributed by atoms with Crippen LogP contribution in [0, 0.1) is 0 Å². The average Bonchev–Trinajstić information content (AvgIpc) is 3.01. The highest BCUT2D eigenvalue weighted by Gasteiger charge is 2.14. The van der Waals surface area contributed by atoms with Crippen molar-refractivity contribution in [3.05, 3.63) is 64.0 Å². The van der Waals surface area contributed by atoms with Gasteiger partial charge in [-0.05, 0) is 49.7 Å². The van der Waals surface area contributed by atoms with Gasteiger partial charge in [-0.3, -0.25) is 4.98 Å². The second-order valence-electron chi connectivity index (χ2n) is 5.19. The van der Waals surface area contributed by atoms with Crippen molar-refractivity contribution in [2.75, 3.05) is 7.05 Å². The molecule has 1 atom stereocenters. The van der Waals surface area contributed by atoms with Gasteiger partial charge in [-0.1, -0.05) is 25.1 Å². The number of aromatic nitrogens is 1. The van der Waals surface area contributed by atoms with Crippen molar-refractivity contribution in [3.8, 4) is 0 Å². The first kappa shape index (κ1) is 14.2. The molecule has 0 aliphatic heterocycles. The molecule has 0 amide bonds. The van der Waals surface area contributed by atoms with E-state index >= 15 is 0 Å². The van der Waals surface area contributed by atoms with Gasteiger partial charge in [0, 0.05) is 27.4 Å². The van der Waals surface area contributed by atoms with E-state index in [0.29, 0.717) is 6.04 Å². The zero-order valence-corrected chi connectivity index (χ0v) is 13.3. The summed E-state index contributed by atoms with van der Waals surface area (Å²) >= 11 is 1.91. The van der Waals surface area contributed by atoms with Crippen molar-refractivity contribution in [2.45, 2.75) is 25.8 Å². The molecule has 0 radical (unpaired) electrons. The number of rotatable bonds is 5. The third-order valence-electron chi connectivity index (χ3n) is 3.89. The van der Waals surface area contributed by atoms with Crippen molar-refractivity contribution >= 4 is 22.2 Å². The zero-order chi connectivity index (χ0) is 14.7. The number of nitrogens with zero attached hydrogens (tertiary/aromatic N) is 1. The van der Waals surface area contributed by atoms with E-state index in [1.54, 1.807) is 0 Å². The lowest BCUT2D eigenvalue weighted by molar-refractivity contribution is 0.604. The normalized spacial score (nSPS) is 12.7. The van der Waals surface area contributed by atoms with Crippen LogP contribution in [-0.4, -0.2) is 12.0 Å². The summed E-state index contributed by atoms with van der Waals surface area (Å²) in [6.45, 7) is 2.21. The SMILES string of the molecule is CCc1ccc(C(Cc2ccnc3ccccc23)NC)s1. The third-order valence-corrected chi connectivity index (χ3v) is 5.23. The maximum absolute atomic E-state index is 4.45. The summed E-state index contributed by atoms with van der Waals surface area (Å²) in [6, 6.07) is 15.4. The lowest BCUT2D eigenvalue weighted by atomic mass is 10.0. The van der Waals surface area contributed by atoms with E-state index in [4.69, 9.17) is 0 Å². The van der Waals surface area contributed by atoms with Gasteiger partial charge in [-0.25, -0.2) is 0 Å². The van der Waals surface area contributed by atoms with Gasteiger partial charge in [0.05, 0.1) is 5.52 Å². The van der Waals surface area contributed by atoms with Crippen LogP contribution < -0.4 is 5.32 Å². The van der Waals surface area contributed by atoms with Crippen molar-refractivity contribution in [3.63, 3.8) is 0 Å². The average molecular weight is 296 g/mol. The molecule has 0 saturated carbocycles. The Morgan fingerprint density at radius 3 is 2.76 bits per heavy atom. The lowest BCUT2D eigenvalue weighted by Gasteiger charge is -2.16. The Kier molecular flexibility index (Phi) is 4.32. The highest BCUT2D eigenvalue weighted by atomic mass is 32.1. The molecule has 1 aromatic carbocycles. The highest BCUT2D eigenvalue weighted by molar-refractivity contribution is 7.12. The number of benzene rings is 1. The van der Waals surface area contributed by atoms with E-state index in [-0.39, 0.29) is 0 Å². The van der Waals surface area contributed by atoms with Crippen molar-refractivity contribution < 1.29 is 0 Å². The molecule has 3 aromatic rings. The Labute approximate surface area is 129 Å². The summed E-state index contributed by atoms with van der Waals surface area (Å²) in [4.78, 5) is 7.31. The molecular weight excluding hydrogens is 276 g/mol. The van der Waals surface area contributed by atoms with Crippen molar-refractivity contribution in [1.29, 1.82) is 0 Å². The van der Waals surface area contributed by atoms with Gasteiger partial charge in [0.15, 0.2) is 0 Å². The van der Waals surface area contributed by atoms with Gasteiger partial charge in [-0.15, -0.1) is 11.3 Å². The van der Waals surface area contributed by atoms with Crippen LogP contribution in [0.1, 0.15) is 28.3 Å². The second kappa shape index (κ2) is 6.37. The molecule has 1 unspecified atom stereocenters. The number of nitrogens with one attached hydrogen (secondary N) is 1. The van der Waals surface area contributed by atoms with Crippen molar-refractivity contribution in [1.82, 2.24) is 10.3 Å². The van der Waals surface area contributed by atoms with Gasteiger partial charge in [0.25, 0.3) is 0 Å². The van der Waals surface area contributed by atoms with E-state index in [1.807, 2.05) is 30.6 Å². The Morgan fingerprint density at radius 2 is 2.00 bits per heavy atom. The third kappa shape index (κ3) is 2.99. The maximum atomic E-state index is 4.45. The summed E-state index contributed by atoms with van der Waals surface area (Å²) in [6.07, 6.45) is 4.01. The minimum atomic E-state index is 0.362. The molecule has 1 N–H and O–H groups in total. The van der Waals surface area contributed by atoms with E-state index in [0.717, 1.165) is 18.4 Å². The molecule has 0 spiro atoms. The number of pyridine rings is 1. The van der Waals surface area contributed by atoms with Gasteiger partial charge in [0.1, 0.15) is 0 Å². The monoisotopic (exact) mass is 296 g/mol. The standard InChI is InChI=1S/C18H20N2S/c1-3-14-8-9-18(21-14)17(19-2)12-13-10-11-20-16-7-5-4-6-15(13)16/h4-11,17,19H,3,12H2,1-2H3. The number of aryl methyl sites for hydroxylation is 1. The Morgan fingerprint density at radius 1 is 1.14 bits per heavy atom. The fourth-order valence-corrected chi connectivity index (χ4v) is 3.73. The summed E-state index contributed by atoms with van der Waals surface area (Å²) in [5, 5.41) is 4.72. The minimum absolute atomic E-state index is 0.362. The largest absolute Gasteiger partial charge is 0.312 e. The molecule has 3 heteroatoms. The Hall–Kier alpha value is -1.71. The summed E-state index contributed by atoms with van der Waals surface area (Å²) in [7, 11) is 2.04. The molecule has 0 aliphatic carbocycles. The van der Waals surface area contributed by atoms with Crippen LogP contribution >= 0.6 is 11.3 Å². The van der Waals surface area contributed by atoms with E-state index in [2.05, 4.69) is 53.6 Å². The first-order chi connectivity index (χ1) is 10.3. The number of para-hydroxylation sites is 1. The number of hydrogen-bond acceptors (Lipinski definition) is 3. The summed E-state index contributed by atoms with van der Waals surface area (Å²) < 4.78 is 0. The lowest BCUT2D eigenvalue weighted by Crippen LogP contribution is -2.17. The van der Waals surface area contributed by atoms with E-state index in [9.17, 15) is 0 Å². The van der Waals surface area contributed by atoms with Crippen molar-refractivity contribution in [2.24, 2.45) is 0 Å². The summed E-state index contributed by atoms with van der Waals surface area (Å²) in [5.41, 5.74) is 2.43. The van der Waals surface area contributed by atoms with Crippen LogP contribution in [0.3, 0.4) is 0 Å². The number of thiophene rings is 1. The number of hydrogen-bond donors (Lipinski definition) is 1. The second-order valence-corrected chi connectivity index (χ2v) is 6.39. The molecule has 0 fully saturated rings. The van der Waals surface area contributed by atoms with Crippen LogP contribution in [0.15, 0.2) is 48.7 Å². The molecule has 2 nitrogen and oxygen atoms in total. The van der Waals surface area contributed by atoms with Crippen LogP contribution in [0.4, 0.5) is 0 Å². The first-order valence-corrected chi connectivity index (χ1v) is 8.22. The van der Waals surface area contributed by atoms with Crippen LogP contribution in [0.25, 0.3) is 10.9 Å². The molecule has 108 valence electrons. The molecular formula is C18H20N2S. The fraction of sp³-hybridized carbons (Fsp3) is 0.278. The Bertz CT molecular complexity index is 727. The van der Waals surface area contributed by atoms with Gasteiger partial charge < -0.3 is 5.32 Å². The van der Waals surface area contributed by atoms with E-state index in [1.165, 1.54) is 20.7 Å². The Balaban J connectivity index is 1.92. The predicted molar refractivity (Wildman–Crippen MR) is 90.9 cm³/mol.